The second kappa shape index (κ2) is 7.77. The van der Waals surface area contributed by atoms with E-state index in [1.807, 2.05) is 18.2 Å². The van der Waals surface area contributed by atoms with Crippen molar-refractivity contribution >= 4 is 33.0 Å². The highest BCUT2D eigenvalue weighted by atomic mass is 32.1. The maximum absolute atomic E-state index is 14.4. The molecule has 2 aromatic carbocycles. The Hall–Kier alpha value is -2.64. The lowest BCUT2D eigenvalue weighted by atomic mass is 10.1. The first kappa shape index (κ1) is 18.7. The minimum Gasteiger partial charge on any atom is -0.506 e. The Morgan fingerprint density at radius 1 is 1.14 bits per heavy atom. The number of phenolic OH excluding ortho intramolecular Hbond substituents is 1. The quantitative estimate of drug-likeness (QED) is 0.723. The minimum absolute atomic E-state index is 0.0930. The van der Waals surface area contributed by atoms with Crippen molar-refractivity contribution in [1.82, 2.24) is 4.90 Å². The molecule has 28 heavy (non-hydrogen) atoms. The Balaban J connectivity index is 1.57. The van der Waals surface area contributed by atoms with E-state index in [1.54, 1.807) is 30.2 Å². The lowest BCUT2D eigenvalue weighted by Gasteiger charge is -2.36. The number of hydrogen-bond acceptors (Lipinski definition) is 5. The van der Waals surface area contributed by atoms with Crippen LogP contribution < -0.4 is 4.90 Å². The maximum atomic E-state index is 14.4. The van der Waals surface area contributed by atoms with E-state index in [1.165, 1.54) is 17.4 Å². The zero-order valence-electron chi connectivity index (χ0n) is 15.5. The number of piperazine rings is 1. The van der Waals surface area contributed by atoms with E-state index in [0.717, 1.165) is 10.4 Å². The van der Waals surface area contributed by atoms with Gasteiger partial charge in [-0.3, -0.25) is 4.79 Å². The molecule has 4 rings (SSSR count). The SMILES string of the molecule is COCc1c(C(=O)N2CCN(c3ccccc3O)CC2)sc2cccc(F)c12. The van der Waals surface area contributed by atoms with Crippen LogP contribution in [-0.2, 0) is 11.3 Å². The summed E-state index contributed by atoms with van der Waals surface area (Å²) in [4.78, 5) is 17.6. The zero-order valence-corrected chi connectivity index (χ0v) is 16.3. The maximum Gasteiger partial charge on any atom is 0.264 e. The molecule has 1 aliphatic rings. The molecule has 1 aliphatic heterocycles. The molecule has 3 aromatic rings. The van der Waals surface area contributed by atoms with E-state index < -0.39 is 0 Å². The van der Waals surface area contributed by atoms with Crippen molar-refractivity contribution in [2.75, 3.05) is 38.2 Å². The van der Waals surface area contributed by atoms with Crippen molar-refractivity contribution in [2.24, 2.45) is 0 Å². The van der Waals surface area contributed by atoms with Gasteiger partial charge in [0.2, 0.25) is 0 Å². The number of halogens is 1. The molecule has 0 atom stereocenters. The van der Waals surface area contributed by atoms with Crippen LogP contribution in [0.1, 0.15) is 15.2 Å². The van der Waals surface area contributed by atoms with Crippen LogP contribution in [0, 0.1) is 5.82 Å². The van der Waals surface area contributed by atoms with Crippen LogP contribution >= 0.6 is 11.3 Å². The van der Waals surface area contributed by atoms with Gasteiger partial charge in [-0.05, 0) is 24.3 Å². The van der Waals surface area contributed by atoms with Gasteiger partial charge in [0.25, 0.3) is 5.91 Å². The normalized spacial score (nSPS) is 14.6. The zero-order chi connectivity index (χ0) is 19.7. The van der Waals surface area contributed by atoms with Gasteiger partial charge in [-0.1, -0.05) is 18.2 Å². The van der Waals surface area contributed by atoms with Gasteiger partial charge in [-0.2, -0.15) is 0 Å². The first-order valence-electron chi connectivity index (χ1n) is 9.11. The predicted molar refractivity (Wildman–Crippen MR) is 109 cm³/mol. The molecule has 7 heteroatoms. The van der Waals surface area contributed by atoms with Gasteiger partial charge in [0.05, 0.1) is 17.2 Å². The van der Waals surface area contributed by atoms with Crippen LogP contribution in [0.5, 0.6) is 5.75 Å². The van der Waals surface area contributed by atoms with Crippen LogP contribution in [0.4, 0.5) is 10.1 Å². The first-order chi connectivity index (χ1) is 13.6. The summed E-state index contributed by atoms with van der Waals surface area (Å²) in [6, 6.07) is 12.1. The van der Waals surface area contributed by atoms with Crippen LogP contribution in [0.15, 0.2) is 42.5 Å². The number of fused-ring (bicyclic) bond motifs is 1. The van der Waals surface area contributed by atoms with Crippen molar-refractivity contribution in [3.8, 4) is 5.75 Å². The Morgan fingerprint density at radius 2 is 1.89 bits per heavy atom. The molecule has 1 fully saturated rings. The Morgan fingerprint density at radius 3 is 2.61 bits per heavy atom. The van der Waals surface area contributed by atoms with Crippen LogP contribution in [-0.4, -0.2) is 49.2 Å². The largest absolute Gasteiger partial charge is 0.506 e. The van der Waals surface area contributed by atoms with Gasteiger partial charge in [-0.15, -0.1) is 11.3 Å². The van der Waals surface area contributed by atoms with Gasteiger partial charge in [-0.25, -0.2) is 4.39 Å². The summed E-state index contributed by atoms with van der Waals surface area (Å²) in [6.07, 6.45) is 0. The van der Waals surface area contributed by atoms with Gasteiger partial charge >= 0.3 is 0 Å². The summed E-state index contributed by atoms with van der Waals surface area (Å²) in [5, 5.41) is 10.5. The highest BCUT2D eigenvalue weighted by molar-refractivity contribution is 7.21. The molecule has 0 saturated carbocycles. The van der Waals surface area contributed by atoms with Gasteiger partial charge in [0, 0.05) is 48.9 Å². The number of phenols is 1. The minimum atomic E-state index is -0.329. The number of carbonyl (C=O) groups is 1. The van der Waals surface area contributed by atoms with E-state index >= 15 is 0 Å². The number of benzene rings is 2. The van der Waals surface area contributed by atoms with E-state index in [4.69, 9.17) is 4.74 Å². The van der Waals surface area contributed by atoms with Crippen molar-refractivity contribution in [2.45, 2.75) is 6.61 Å². The summed E-state index contributed by atoms with van der Waals surface area (Å²) in [7, 11) is 1.55. The second-order valence-electron chi connectivity index (χ2n) is 6.72. The molecule has 0 radical (unpaired) electrons. The summed E-state index contributed by atoms with van der Waals surface area (Å²) in [5.74, 6) is -0.182. The van der Waals surface area contributed by atoms with E-state index in [2.05, 4.69) is 4.90 Å². The molecule has 0 spiro atoms. The number of aromatic hydroxyl groups is 1. The number of nitrogens with zero attached hydrogens (tertiary/aromatic N) is 2. The number of methoxy groups -OCH3 is 1. The number of anilines is 1. The summed E-state index contributed by atoms with van der Waals surface area (Å²) in [6.45, 7) is 2.52. The fourth-order valence-electron chi connectivity index (χ4n) is 3.65. The highest BCUT2D eigenvalue weighted by Crippen LogP contribution is 2.35. The number of rotatable bonds is 4. The summed E-state index contributed by atoms with van der Waals surface area (Å²) < 4.78 is 20.4. The second-order valence-corrected chi connectivity index (χ2v) is 7.78. The summed E-state index contributed by atoms with van der Waals surface area (Å²) >= 11 is 1.31. The molecule has 1 saturated heterocycles. The average Bonchev–Trinajstić information content (AvgIpc) is 3.08. The number of carbonyl (C=O) groups excluding carboxylic acids is 1. The molecule has 146 valence electrons. The number of hydrogen-bond donors (Lipinski definition) is 1. The number of para-hydroxylation sites is 2. The van der Waals surface area contributed by atoms with Gasteiger partial charge in [0.15, 0.2) is 0 Å². The third kappa shape index (κ3) is 3.31. The van der Waals surface area contributed by atoms with Crippen LogP contribution in [0.2, 0.25) is 0 Å². The van der Waals surface area contributed by atoms with Crippen LogP contribution in [0.3, 0.4) is 0 Å². The molecule has 0 unspecified atom stereocenters. The lowest BCUT2D eigenvalue weighted by Crippen LogP contribution is -2.48. The van der Waals surface area contributed by atoms with E-state index in [-0.39, 0.29) is 24.1 Å². The topological polar surface area (TPSA) is 53.0 Å². The van der Waals surface area contributed by atoms with Crippen LogP contribution in [0.25, 0.3) is 10.1 Å². The van der Waals surface area contributed by atoms with Gasteiger partial charge < -0.3 is 19.6 Å². The molecule has 5 nitrogen and oxygen atoms in total. The van der Waals surface area contributed by atoms with Crippen molar-refractivity contribution in [1.29, 1.82) is 0 Å². The first-order valence-corrected chi connectivity index (χ1v) is 9.93. The third-order valence-corrected chi connectivity index (χ3v) is 6.22. The number of ether oxygens (including phenoxy) is 1. The molecular formula is C21H21FN2O3S. The molecule has 0 aliphatic carbocycles. The van der Waals surface area contributed by atoms with E-state index in [0.29, 0.717) is 42.0 Å². The smallest absolute Gasteiger partial charge is 0.264 e. The molecule has 1 N–H and O–H groups in total. The lowest BCUT2D eigenvalue weighted by molar-refractivity contribution is 0.0747. The Bertz CT molecular complexity index is 1010. The van der Waals surface area contributed by atoms with Crippen molar-refractivity contribution in [3.63, 3.8) is 0 Å². The number of amides is 1. The van der Waals surface area contributed by atoms with E-state index in [9.17, 15) is 14.3 Å². The Labute approximate surface area is 166 Å². The Kier molecular flexibility index (Phi) is 5.19. The monoisotopic (exact) mass is 400 g/mol. The molecular weight excluding hydrogens is 379 g/mol. The summed E-state index contributed by atoms with van der Waals surface area (Å²) in [5.41, 5.74) is 1.40. The third-order valence-electron chi connectivity index (χ3n) is 5.04. The highest BCUT2D eigenvalue weighted by Gasteiger charge is 2.28. The average molecular weight is 400 g/mol. The predicted octanol–water partition coefficient (Wildman–Crippen LogP) is 3.85. The molecule has 1 amide bonds. The fourth-order valence-corrected chi connectivity index (χ4v) is 4.84. The van der Waals surface area contributed by atoms with Crippen molar-refractivity contribution in [3.05, 3.63) is 58.7 Å². The fraction of sp³-hybridized carbons (Fsp3) is 0.286. The molecule has 0 bridgehead atoms. The van der Waals surface area contributed by atoms with Crippen molar-refractivity contribution < 1.29 is 19.0 Å². The molecule has 2 heterocycles. The standard InChI is InChI=1S/C21H21FN2O3S/c1-27-13-14-19-15(22)5-4-8-18(19)28-20(14)21(26)24-11-9-23(10-12-24)16-6-2-3-7-17(16)25/h2-8,25H,9-13H2,1H3. The van der Waals surface area contributed by atoms with Gasteiger partial charge in [0.1, 0.15) is 11.6 Å². The molecule has 1 aromatic heterocycles. The number of thiophene rings is 1.